The van der Waals surface area contributed by atoms with E-state index in [4.69, 9.17) is 16.6 Å². The van der Waals surface area contributed by atoms with Crippen molar-refractivity contribution in [1.29, 1.82) is 0 Å². The molecule has 0 saturated carbocycles. The molecule has 0 aromatic heterocycles. The second-order valence-electron chi connectivity index (χ2n) is 11.5. The number of nitrogens with two attached hydrogens (primary N) is 2. The molecule has 0 aromatic carbocycles. The van der Waals surface area contributed by atoms with Gasteiger partial charge in [0.1, 0.15) is 37.0 Å². The average Bonchev–Trinajstić information content (AvgIpc) is 3.11. The number of hydrogen-bond donors (Lipinski definition) is 11. The molecule has 0 radical (unpaired) electrons. The minimum atomic E-state index is -1.46. The van der Waals surface area contributed by atoms with E-state index in [1.54, 1.807) is 6.92 Å². The van der Waals surface area contributed by atoms with Gasteiger partial charge in [-0.15, -0.1) is 0 Å². The summed E-state index contributed by atoms with van der Waals surface area (Å²) < 4.78 is 0. The minimum absolute atomic E-state index is 0.165. The number of nitrogens with one attached hydrogen (secondary N) is 6. The fourth-order valence-corrected chi connectivity index (χ4v) is 6.94. The number of carbonyl (C=O) groups is 10. The molecule has 0 spiro atoms. The molecule has 6 atom stereocenters. The molecule has 0 bridgehead atoms. The van der Waals surface area contributed by atoms with Gasteiger partial charge in [0, 0.05) is 24.3 Å². The molecule has 0 aromatic rings. The normalized spacial score (nSPS) is 14.1. The quantitative estimate of drug-likeness (QED) is 0.0193. The van der Waals surface area contributed by atoms with E-state index in [2.05, 4.69) is 31.9 Å². The van der Waals surface area contributed by atoms with Crippen LogP contribution in [0.2, 0.25) is 0 Å². The second-order valence-corrected chi connectivity index (χ2v) is 15.0. The number of carboxylic acid groups (broad SMARTS) is 3. The molecular weight excluding hydrogens is 777 g/mol. The molecule has 0 aliphatic heterocycles. The fraction of sp³-hybridized carbons (Fsp3) is 0.667. The van der Waals surface area contributed by atoms with E-state index in [-0.39, 0.29) is 30.9 Å². The van der Waals surface area contributed by atoms with Gasteiger partial charge in [-0.3, -0.25) is 33.6 Å². The van der Waals surface area contributed by atoms with Gasteiger partial charge < -0.3 is 63.5 Å². The monoisotopic (exact) mass is 826 g/mol. The topological polar surface area (TPSA) is 356 Å². The lowest BCUT2D eigenvalue weighted by atomic mass is 10.1. The molecule has 0 fully saturated rings. The van der Waals surface area contributed by atoms with Gasteiger partial charge in [-0.1, -0.05) is 34.9 Å². The SMILES string of the molecule is CCCC(N)C(=O)NC(CCC(=O)NC(CSSCC(NC(=O)CCC(NC(=O)C(N)CCSC)C(=O)O)C(=O)NCC=O)C(=O)NCC(=O)O)C(=O)O. The number of aliphatic carboxylic acids is 3. The van der Waals surface area contributed by atoms with Crippen molar-refractivity contribution >= 4 is 93.0 Å². The highest BCUT2D eigenvalue weighted by Crippen LogP contribution is 2.23. The Morgan fingerprint density at radius 2 is 1.07 bits per heavy atom. The Morgan fingerprint density at radius 1 is 0.630 bits per heavy atom. The average molecular weight is 827 g/mol. The van der Waals surface area contributed by atoms with Gasteiger partial charge in [-0.2, -0.15) is 11.8 Å². The van der Waals surface area contributed by atoms with E-state index < -0.39 is 109 Å². The summed E-state index contributed by atoms with van der Waals surface area (Å²) in [5.74, 6) is -8.65. The van der Waals surface area contributed by atoms with E-state index in [1.165, 1.54) is 11.8 Å². The Balaban J connectivity index is 5.49. The molecule has 0 saturated heterocycles. The molecule has 54 heavy (non-hydrogen) atoms. The first-order valence-electron chi connectivity index (χ1n) is 16.6. The van der Waals surface area contributed by atoms with Crippen LogP contribution in [0.4, 0.5) is 0 Å². The molecule has 24 heteroatoms. The summed E-state index contributed by atoms with van der Waals surface area (Å²) in [6, 6.07) is -7.44. The molecule has 21 nitrogen and oxygen atoms in total. The van der Waals surface area contributed by atoms with Gasteiger partial charge in [-0.05, 0) is 37.7 Å². The first-order chi connectivity index (χ1) is 25.5. The summed E-state index contributed by atoms with van der Waals surface area (Å²) in [5, 5.41) is 41.7. The molecule has 6 unspecified atom stereocenters. The molecule has 306 valence electrons. The zero-order valence-corrected chi connectivity index (χ0v) is 32.3. The smallest absolute Gasteiger partial charge is 0.326 e. The summed E-state index contributed by atoms with van der Waals surface area (Å²) in [5.41, 5.74) is 11.5. The Labute approximate surface area is 323 Å². The third-order valence-electron chi connectivity index (χ3n) is 7.09. The predicted molar refractivity (Wildman–Crippen MR) is 200 cm³/mol. The maximum absolute atomic E-state index is 12.7. The van der Waals surface area contributed by atoms with Crippen LogP contribution in [0.5, 0.6) is 0 Å². The van der Waals surface area contributed by atoms with Gasteiger partial charge in [0.05, 0.1) is 18.6 Å². The van der Waals surface area contributed by atoms with Crippen LogP contribution >= 0.6 is 33.3 Å². The third-order valence-corrected chi connectivity index (χ3v) is 10.2. The first-order valence-corrected chi connectivity index (χ1v) is 20.5. The zero-order valence-electron chi connectivity index (χ0n) is 29.8. The van der Waals surface area contributed by atoms with Crippen LogP contribution < -0.4 is 43.4 Å². The predicted octanol–water partition coefficient (Wildman–Crippen LogP) is -3.24. The van der Waals surface area contributed by atoms with E-state index >= 15 is 0 Å². The first kappa shape index (κ1) is 49.9. The molecule has 0 heterocycles. The maximum Gasteiger partial charge on any atom is 0.326 e. The summed E-state index contributed by atoms with van der Waals surface area (Å²) in [4.78, 5) is 121. The largest absolute Gasteiger partial charge is 0.480 e. The second kappa shape index (κ2) is 28.3. The van der Waals surface area contributed by atoms with Gasteiger partial charge in [-0.25, -0.2) is 9.59 Å². The fourth-order valence-electron chi connectivity index (χ4n) is 4.12. The molecule has 0 aliphatic carbocycles. The van der Waals surface area contributed by atoms with Crippen LogP contribution in [-0.2, 0) is 47.9 Å². The summed E-state index contributed by atoms with van der Waals surface area (Å²) in [7, 11) is 1.88. The standard InChI is InChI=1S/C30H50N8O13S3/c1-3-4-16(31)25(44)37-18(29(48)49)5-8-23(41)36-21(28(47)34-13-24(42)43)15-54-53-14-20(27(46)33-10-11-39)35-22(40)7-6-19(30(50)51)38-26(45)17(32)9-12-52-2/h11,16-21H,3-10,12-15,31-32H2,1-2H3,(H,33,46)(H,34,47)(H,35,40)(H,36,41)(H,37,44)(H,38,45)(H,42,43)(H,48,49)(H,50,51). The van der Waals surface area contributed by atoms with Crippen molar-refractivity contribution in [1.82, 2.24) is 31.9 Å². The molecule has 0 aliphatic rings. The molecular formula is C30H50N8O13S3. The lowest BCUT2D eigenvalue weighted by molar-refractivity contribution is -0.143. The molecule has 6 amide bonds. The summed E-state index contributed by atoms with van der Waals surface area (Å²) in [6.45, 7) is 0.618. The van der Waals surface area contributed by atoms with E-state index in [9.17, 15) is 58.2 Å². The number of carbonyl (C=O) groups excluding carboxylic acids is 7. The molecule has 0 rings (SSSR count). The minimum Gasteiger partial charge on any atom is -0.480 e. The number of thioether (sulfide) groups is 1. The zero-order chi connectivity index (χ0) is 41.2. The Hall–Kier alpha value is -4.13. The Bertz CT molecular complexity index is 1310. The maximum atomic E-state index is 12.7. The number of aldehydes is 1. The van der Waals surface area contributed by atoms with Crippen molar-refractivity contribution in [2.24, 2.45) is 11.5 Å². The van der Waals surface area contributed by atoms with Crippen LogP contribution in [0.1, 0.15) is 51.9 Å². The number of hydrogen-bond acceptors (Lipinski definition) is 15. The van der Waals surface area contributed by atoms with Gasteiger partial charge >= 0.3 is 17.9 Å². The highest BCUT2D eigenvalue weighted by Gasteiger charge is 2.28. The van der Waals surface area contributed by atoms with Crippen molar-refractivity contribution in [3.05, 3.63) is 0 Å². The lowest BCUT2D eigenvalue weighted by Gasteiger charge is -2.21. The van der Waals surface area contributed by atoms with Crippen molar-refractivity contribution in [2.75, 3.05) is 36.6 Å². The molecule has 13 N–H and O–H groups in total. The van der Waals surface area contributed by atoms with Gasteiger partial charge in [0.25, 0.3) is 0 Å². The van der Waals surface area contributed by atoms with Crippen LogP contribution in [0.3, 0.4) is 0 Å². The highest BCUT2D eigenvalue weighted by molar-refractivity contribution is 8.76. The van der Waals surface area contributed by atoms with E-state index in [1.807, 2.05) is 6.26 Å². The highest BCUT2D eigenvalue weighted by atomic mass is 33.1. The van der Waals surface area contributed by atoms with Crippen molar-refractivity contribution in [3.63, 3.8) is 0 Å². The summed E-state index contributed by atoms with van der Waals surface area (Å²) >= 11 is 1.45. The summed E-state index contributed by atoms with van der Waals surface area (Å²) in [6.07, 6.45) is 1.81. The third kappa shape index (κ3) is 22.2. The van der Waals surface area contributed by atoms with Gasteiger partial charge in [0.15, 0.2) is 0 Å². The number of amides is 6. The van der Waals surface area contributed by atoms with Crippen LogP contribution in [0, 0.1) is 0 Å². The van der Waals surface area contributed by atoms with E-state index in [0.29, 0.717) is 31.3 Å². The van der Waals surface area contributed by atoms with Crippen molar-refractivity contribution in [2.45, 2.75) is 88.1 Å². The number of rotatable bonds is 30. The van der Waals surface area contributed by atoms with Gasteiger partial charge in [0.2, 0.25) is 35.4 Å². The van der Waals surface area contributed by atoms with E-state index in [0.717, 1.165) is 21.6 Å². The van der Waals surface area contributed by atoms with Crippen LogP contribution in [0.25, 0.3) is 0 Å². The van der Waals surface area contributed by atoms with Crippen molar-refractivity contribution in [3.8, 4) is 0 Å². The lowest BCUT2D eigenvalue weighted by Crippen LogP contribution is -2.51. The van der Waals surface area contributed by atoms with Crippen LogP contribution in [0.15, 0.2) is 0 Å². The Kier molecular flexibility index (Phi) is 26.2. The van der Waals surface area contributed by atoms with Crippen LogP contribution in [-0.4, -0.2) is 148 Å². The van der Waals surface area contributed by atoms with Crippen molar-refractivity contribution < 1.29 is 63.3 Å². The Morgan fingerprint density at radius 3 is 1.46 bits per heavy atom. The number of carboxylic acids is 3.